The minimum Gasteiger partial charge on any atom is -0.497 e. The molecule has 302 valence electrons. The van der Waals surface area contributed by atoms with Crippen molar-refractivity contribution in [2.45, 2.75) is 154 Å². The number of hydrogen-bond acceptors (Lipinski definition) is 8. The zero-order valence-corrected chi connectivity index (χ0v) is 39.0. The molecule has 1 heterocycles. The van der Waals surface area contributed by atoms with E-state index in [1.54, 1.807) is 7.11 Å². The summed E-state index contributed by atoms with van der Waals surface area (Å²) in [6.07, 6.45) is 3.22. The van der Waals surface area contributed by atoms with Crippen molar-refractivity contribution in [1.29, 1.82) is 0 Å². The number of Topliss-reactive ketones (excluding diaryl/α,β-unsaturated/α-hetero) is 1. The second-order valence-electron chi connectivity index (χ2n) is 17.9. The second kappa shape index (κ2) is 20.6. The zero-order chi connectivity index (χ0) is 40.4. The van der Waals surface area contributed by atoms with Gasteiger partial charge in [0.05, 0.1) is 50.8 Å². The average Bonchev–Trinajstić information content (AvgIpc) is 3.03. The van der Waals surface area contributed by atoms with Crippen molar-refractivity contribution in [3.05, 3.63) is 52.6 Å². The Hall–Kier alpha value is -1.56. The van der Waals surface area contributed by atoms with Crippen LogP contribution in [-0.4, -0.2) is 72.7 Å². The molecule has 9 nitrogen and oxygen atoms in total. The molecule has 1 aliphatic rings. The van der Waals surface area contributed by atoms with Crippen LogP contribution in [0.25, 0.3) is 0 Å². The monoisotopic (exact) mass is 887 g/mol. The van der Waals surface area contributed by atoms with Crippen LogP contribution >= 0.6 is 22.6 Å². The molecule has 1 fully saturated rings. The van der Waals surface area contributed by atoms with Gasteiger partial charge in [-0.25, -0.2) is 4.79 Å². The molecule has 0 saturated carbocycles. The number of carbonyl (C=O) groups is 2. The molecule has 12 heteroatoms. The van der Waals surface area contributed by atoms with Gasteiger partial charge in [-0.3, -0.25) is 4.79 Å². The highest BCUT2D eigenvalue weighted by Crippen LogP contribution is 2.45. The first kappa shape index (κ1) is 47.6. The van der Waals surface area contributed by atoms with Gasteiger partial charge in [-0.2, -0.15) is 0 Å². The standard InChI is InChI=1S/C41H70INO8Si2/c1-15-16-31(27-48-39(43)45)38-36(51-53(13,14)41(7,8)9)25-35(50-52(11,12)40(4,5)6)37(49-38)29(3)24-32(44)23-28(2)34(21-22-42)47-26-30-17-19-33(46-10)20-18-30/h15,17-22,28-29,31,34-38H,1,16,23-27H2,2-14H3,(H2,43,45)/b22-21+/t28-,29-,31?,34+,35-,36+,37-,38+/m0/s1. The highest BCUT2D eigenvalue weighted by Gasteiger charge is 2.51. The molecule has 0 bridgehead atoms. The maximum atomic E-state index is 13.9. The first-order chi connectivity index (χ1) is 24.5. The summed E-state index contributed by atoms with van der Waals surface area (Å²) in [5.41, 5.74) is 6.47. The van der Waals surface area contributed by atoms with Gasteiger partial charge in [0, 0.05) is 25.2 Å². The Balaban J connectivity index is 2.41. The van der Waals surface area contributed by atoms with E-state index in [1.165, 1.54) is 0 Å². The smallest absolute Gasteiger partial charge is 0.404 e. The summed E-state index contributed by atoms with van der Waals surface area (Å²) in [5, 5.41) is -0.0761. The summed E-state index contributed by atoms with van der Waals surface area (Å²) in [6, 6.07) is 7.81. The maximum absolute atomic E-state index is 13.9. The third-order valence-electron chi connectivity index (χ3n) is 11.5. The molecule has 1 aliphatic heterocycles. The van der Waals surface area contributed by atoms with Crippen LogP contribution in [-0.2, 0) is 34.5 Å². The third kappa shape index (κ3) is 14.5. The van der Waals surface area contributed by atoms with E-state index >= 15 is 0 Å². The first-order valence-electron chi connectivity index (χ1n) is 19.0. The van der Waals surface area contributed by atoms with E-state index in [0.717, 1.165) is 11.3 Å². The number of hydrogen-bond donors (Lipinski definition) is 1. The molecule has 2 N–H and O–H groups in total. The number of methoxy groups -OCH3 is 1. The number of carbonyl (C=O) groups excluding carboxylic acids is 2. The van der Waals surface area contributed by atoms with Gasteiger partial charge < -0.3 is 33.5 Å². The van der Waals surface area contributed by atoms with Crippen molar-refractivity contribution in [3.8, 4) is 5.75 Å². The molecule has 1 amide bonds. The van der Waals surface area contributed by atoms with Crippen LogP contribution in [0.2, 0.25) is 36.3 Å². The van der Waals surface area contributed by atoms with E-state index in [1.807, 2.05) is 40.5 Å². The molecular formula is C41H70INO8Si2. The molecular weight excluding hydrogens is 818 g/mol. The average molecular weight is 888 g/mol. The molecule has 0 aliphatic carbocycles. The van der Waals surface area contributed by atoms with Gasteiger partial charge in [0.15, 0.2) is 16.6 Å². The molecule has 0 spiro atoms. The van der Waals surface area contributed by atoms with Gasteiger partial charge in [0.1, 0.15) is 11.5 Å². The molecule has 0 aromatic heterocycles. The predicted octanol–water partition coefficient (Wildman–Crippen LogP) is 10.4. The Bertz CT molecular complexity index is 1340. The van der Waals surface area contributed by atoms with Crippen LogP contribution in [0.3, 0.4) is 0 Å². The molecule has 1 aromatic carbocycles. The number of ketones is 1. The first-order valence-corrected chi connectivity index (χ1v) is 26.1. The number of ether oxygens (including phenoxy) is 4. The van der Waals surface area contributed by atoms with E-state index in [9.17, 15) is 9.59 Å². The van der Waals surface area contributed by atoms with E-state index in [-0.39, 0.29) is 64.6 Å². The Morgan fingerprint density at radius 3 is 1.98 bits per heavy atom. The van der Waals surface area contributed by atoms with E-state index in [4.69, 9.17) is 33.5 Å². The van der Waals surface area contributed by atoms with Crippen molar-refractivity contribution in [2.24, 2.45) is 23.5 Å². The van der Waals surface area contributed by atoms with E-state index in [2.05, 4.69) is 111 Å². The van der Waals surface area contributed by atoms with Crippen molar-refractivity contribution >= 4 is 51.1 Å². The van der Waals surface area contributed by atoms with Crippen LogP contribution < -0.4 is 10.5 Å². The van der Waals surface area contributed by atoms with Crippen LogP contribution in [0.5, 0.6) is 5.75 Å². The molecule has 1 unspecified atom stereocenters. The Morgan fingerprint density at radius 1 is 0.962 bits per heavy atom. The van der Waals surface area contributed by atoms with Gasteiger partial charge in [0.25, 0.3) is 0 Å². The number of primary amides is 1. The number of rotatable bonds is 20. The van der Waals surface area contributed by atoms with Gasteiger partial charge in [-0.15, -0.1) is 6.58 Å². The Kier molecular flexibility index (Phi) is 18.5. The van der Waals surface area contributed by atoms with Crippen LogP contribution in [0.4, 0.5) is 4.79 Å². The summed E-state index contributed by atoms with van der Waals surface area (Å²) in [4.78, 5) is 25.7. The lowest BCUT2D eigenvalue weighted by Crippen LogP contribution is -2.60. The van der Waals surface area contributed by atoms with Crippen molar-refractivity contribution in [2.75, 3.05) is 13.7 Å². The topological polar surface area (TPSA) is 116 Å². The maximum Gasteiger partial charge on any atom is 0.404 e. The van der Waals surface area contributed by atoms with Crippen molar-refractivity contribution in [1.82, 2.24) is 0 Å². The lowest BCUT2D eigenvalue weighted by Gasteiger charge is -2.51. The number of halogens is 1. The van der Waals surface area contributed by atoms with Gasteiger partial charge in [0.2, 0.25) is 0 Å². The van der Waals surface area contributed by atoms with Gasteiger partial charge in [-0.1, -0.05) is 96.2 Å². The normalized spacial score (nSPS) is 22.5. The fourth-order valence-electron chi connectivity index (χ4n) is 6.24. The summed E-state index contributed by atoms with van der Waals surface area (Å²) in [6.45, 7) is 31.0. The molecule has 2 rings (SSSR count). The van der Waals surface area contributed by atoms with Crippen LogP contribution in [0, 0.1) is 17.8 Å². The van der Waals surface area contributed by atoms with Crippen molar-refractivity contribution in [3.63, 3.8) is 0 Å². The number of allylic oxidation sites excluding steroid dienone is 1. The fraction of sp³-hybridized carbons (Fsp3) is 0.707. The fourth-order valence-corrected chi connectivity index (χ4v) is 9.33. The van der Waals surface area contributed by atoms with Crippen LogP contribution in [0.15, 0.2) is 47.1 Å². The minimum atomic E-state index is -2.28. The number of amides is 1. The summed E-state index contributed by atoms with van der Waals surface area (Å²) >= 11 is 2.20. The quantitative estimate of drug-likeness (QED) is 0.0782. The highest BCUT2D eigenvalue weighted by atomic mass is 127. The Labute approximate surface area is 336 Å². The lowest BCUT2D eigenvalue weighted by molar-refractivity contribution is -0.196. The third-order valence-corrected chi connectivity index (χ3v) is 20.9. The molecule has 8 atom stereocenters. The SMILES string of the molecule is C=CCC(COC(N)=O)[C@H]1O[C@@H]([C@@H](C)CC(=O)C[C@H](C)[C@@H](/C=C/I)OCc2ccc(OC)cc2)[C@@H](O[Si](C)(C)C(C)(C)C)C[C@H]1O[Si](C)(C)C(C)(C)C. The lowest BCUT2D eigenvalue weighted by atomic mass is 9.83. The number of benzene rings is 1. The molecule has 1 saturated heterocycles. The predicted molar refractivity (Wildman–Crippen MR) is 229 cm³/mol. The number of nitrogens with two attached hydrogens (primary N) is 1. The summed E-state index contributed by atoms with van der Waals surface area (Å²) in [5.74, 6) is 0.516. The minimum absolute atomic E-state index is 0.0353. The summed E-state index contributed by atoms with van der Waals surface area (Å²) in [7, 11) is -2.90. The Morgan fingerprint density at radius 2 is 1.51 bits per heavy atom. The molecule has 0 radical (unpaired) electrons. The zero-order valence-electron chi connectivity index (χ0n) is 34.8. The molecule has 1 aromatic rings. The second-order valence-corrected chi connectivity index (χ2v) is 28.1. The van der Waals surface area contributed by atoms with Gasteiger partial charge >= 0.3 is 6.09 Å². The van der Waals surface area contributed by atoms with Crippen LogP contribution in [0.1, 0.15) is 86.6 Å². The highest BCUT2D eigenvalue weighted by molar-refractivity contribution is 14.1. The van der Waals surface area contributed by atoms with E-state index < -0.39 is 28.8 Å². The summed E-state index contributed by atoms with van der Waals surface area (Å²) < 4.78 is 40.4. The van der Waals surface area contributed by atoms with E-state index in [0.29, 0.717) is 32.3 Å². The molecule has 53 heavy (non-hydrogen) atoms. The van der Waals surface area contributed by atoms with Crippen molar-refractivity contribution < 1.29 is 37.4 Å². The largest absolute Gasteiger partial charge is 0.497 e. The van der Waals surface area contributed by atoms with Gasteiger partial charge in [-0.05, 0) is 82.4 Å².